The van der Waals surface area contributed by atoms with Crippen LogP contribution in [-0.2, 0) is 13.0 Å². The van der Waals surface area contributed by atoms with Gasteiger partial charge in [0.25, 0.3) is 0 Å². The van der Waals surface area contributed by atoms with E-state index in [-0.39, 0.29) is 0 Å². The van der Waals surface area contributed by atoms with Crippen LogP contribution in [0.15, 0.2) is 82.6 Å². The number of benzene rings is 2. The fourth-order valence-corrected chi connectivity index (χ4v) is 3.07. The normalized spacial score (nSPS) is 10.4. The SMILES string of the molecule is [N-]=[N+]=Nc1cccc(NCc2ccc(Cc3cc(-c4cccnc4N)on3)cc2)c1. The van der Waals surface area contributed by atoms with Crippen LogP contribution >= 0.6 is 0 Å². The summed E-state index contributed by atoms with van der Waals surface area (Å²) in [4.78, 5) is 6.88. The zero-order chi connectivity index (χ0) is 20.8. The molecule has 0 aliphatic rings. The summed E-state index contributed by atoms with van der Waals surface area (Å²) in [6, 6.07) is 21.2. The summed E-state index contributed by atoms with van der Waals surface area (Å²) in [5.41, 5.74) is 19.7. The third-order valence-electron chi connectivity index (χ3n) is 4.57. The number of rotatable bonds is 7. The first-order chi connectivity index (χ1) is 14.7. The molecule has 8 heteroatoms. The number of anilines is 2. The van der Waals surface area contributed by atoms with Gasteiger partial charge in [0.1, 0.15) is 5.82 Å². The molecule has 2 heterocycles. The standard InChI is InChI=1S/C22H19N7O/c23-22-20(5-2-10-25-22)21-13-19(28-30-21)11-15-6-8-16(9-7-15)14-26-17-3-1-4-18(12-17)27-29-24/h1-10,12-13,26H,11,14H2,(H2,23,25). The van der Waals surface area contributed by atoms with Crippen molar-refractivity contribution >= 4 is 17.2 Å². The highest BCUT2D eigenvalue weighted by molar-refractivity contribution is 5.69. The number of hydrogen-bond acceptors (Lipinski definition) is 6. The van der Waals surface area contributed by atoms with Crippen molar-refractivity contribution < 1.29 is 4.52 Å². The van der Waals surface area contributed by atoms with Gasteiger partial charge >= 0.3 is 0 Å². The highest BCUT2D eigenvalue weighted by atomic mass is 16.5. The average Bonchev–Trinajstić information content (AvgIpc) is 3.22. The van der Waals surface area contributed by atoms with Crippen LogP contribution in [0, 0.1) is 0 Å². The maximum absolute atomic E-state index is 8.54. The number of nitrogens with two attached hydrogens (primary N) is 1. The topological polar surface area (TPSA) is 126 Å². The minimum atomic E-state index is 0.419. The summed E-state index contributed by atoms with van der Waals surface area (Å²) >= 11 is 0. The molecule has 8 nitrogen and oxygen atoms in total. The molecule has 0 aliphatic carbocycles. The Hall–Kier alpha value is -4.29. The Labute approximate surface area is 173 Å². The highest BCUT2D eigenvalue weighted by Gasteiger charge is 2.10. The molecule has 4 rings (SSSR count). The summed E-state index contributed by atoms with van der Waals surface area (Å²) in [5.74, 6) is 1.03. The van der Waals surface area contributed by atoms with E-state index in [0.717, 1.165) is 28.1 Å². The second kappa shape index (κ2) is 8.81. The molecule has 148 valence electrons. The van der Waals surface area contributed by atoms with E-state index >= 15 is 0 Å². The molecule has 0 fully saturated rings. The molecule has 2 aromatic carbocycles. The lowest BCUT2D eigenvalue weighted by molar-refractivity contribution is 0.425. The molecule has 0 saturated carbocycles. The fraction of sp³-hybridized carbons (Fsp3) is 0.0909. The van der Waals surface area contributed by atoms with Crippen molar-refractivity contribution in [1.82, 2.24) is 10.1 Å². The van der Waals surface area contributed by atoms with Crippen molar-refractivity contribution in [1.29, 1.82) is 0 Å². The van der Waals surface area contributed by atoms with E-state index in [4.69, 9.17) is 15.8 Å². The lowest BCUT2D eigenvalue weighted by Gasteiger charge is -2.08. The number of azide groups is 1. The van der Waals surface area contributed by atoms with Gasteiger partial charge in [0.15, 0.2) is 5.76 Å². The molecule has 30 heavy (non-hydrogen) atoms. The molecule has 0 aliphatic heterocycles. The van der Waals surface area contributed by atoms with Crippen molar-refractivity contribution in [3.63, 3.8) is 0 Å². The summed E-state index contributed by atoms with van der Waals surface area (Å²) in [5, 5.41) is 11.1. The third kappa shape index (κ3) is 4.57. The first-order valence-electron chi connectivity index (χ1n) is 9.34. The van der Waals surface area contributed by atoms with E-state index in [0.29, 0.717) is 30.2 Å². The van der Waals surface area contributed by atoms with Crippen LogP contribution in [-0.4, -0.2) is 10.1 Å². The van der Waals surface area contributed by atoms with Crippen LogP contribution in [0.1, 0.15) is 16.8 Å². The van der Waals surface area contributed by atoms with Gasteiger partial charge in [0, 0.05) is 41.5 Å². The molecule has 2 aromatic heterocycles. The van der Waals surface area contributed by atoms with Gasteiger partial charge in [0.2, 0.25) is 0 Å². The monoisotopic (exact) mass is 397 g/mol. The predicted octanol–water partition coefficient (Wildman–Crippen LogP) is 5.46. The van der Waals surface area contributed by atoms with Crippen molar-refractivity contribution in [2.45, 2.75) is 13.0 Å². The van der Waals surface area contributed by atoms with Crippen molar-refractivity contribution in [3.05, 3.63) is 100 Å². The number of nitrogens with zero attached hydrogens (tertiary/aromatic N) is 5. The molecule has 4 aromatic rings. The summed E-state index contributed by atoms with van der Waals surface area (Å²) < 4.78 is 5.43. The zero-order valence-electron chi connectivity index (χ0n) is 16.1. The van der Waals surface area contributed by atoms with E-state index in [9.17, 15) is 0 Å². The zero-order valence-corrected chi connectivity index (χ0v) is 16.1. The molecule has 0 spiro atoms. The van der Waals surface area contributed by atoms with Crippen molar-refractivity contribution in [3.8, 4) is 11.3 Å². The minimum absolute atomic E-state index is 0.419. The lowest BCUT2D eigenvalue weighted by atomic mass is 10.1. The quantitative estimate of drug-likeness (QED) is 0.243. The van der Waals surface area contributed by atoms with E-state index in [2.05, 4.69) is 49.7 Å². The van der Waals surface area contributed by atoms with Crippen LogP contribution in [0.5, 0.6) is 0 Å². The van der Waals surface area contributed by atoms with Crippen LogP contribution in [0.4, 0.5) is 17.2 Å². The first-order valence-corrected chi connectivity index (χ1v) is 9.34. The Morgan fingerprint density at radius 2 is 1.87 bits per heavy atom. The van der Waals surface area contributed by atoms with E-state index in [1.54, 1.807) is 12.3 Å². The molecule has 0 saturated heterocycles. The molecule has 0 bridgehead atoms. The van der Waals surface area contributed by atoms with Crippen LogP contribution < -0.4 is 11.1 Å². The number of aromatic nitrogens is 2. The maximum Gasteiger partial charge on any atom is 0.170 e. The van der Waals surface area contributed by atoms with E-state index < -0.39 is 0 Å². The molecule has 0 unspecified atom stereocenters. The Kier molecular flexibility index (Phi) is 5.59. The molecular weight excluding hydrogens is 378 g/mol. The van der Waals surface area contributed by atoms with Gasteiger partial charge in [-0.3, -0.25) is 0 Å². The van der Waals surface area contributed by atoms with Gasteiger partial charge in [-0.25, -0.2) is 4.98 Å². The van der Waals surface area contributed by atoms with Crippen molar-refractivity contribution in [2.24, 2.45) is 5.11 Å². The number of nitrogens with one attached hydrogen (secondary N) is 1. The summed E-state index contributed by atoms with van der Waals surface area (Å²) in [7, 11) is 0. The summed E-state index contributed by atoms with van der Waals surface area (Å²) in [6.45, 7) is 0.661. The Bertz CT molecular complexity index is 1190. The van der Waals surface area contributed by atoms with E-state index in [1.807, 2.05) is 36.4 Å². The van der Waals surface area contributed by atoms with Gasteiger partial charge in [-0.2, -0.15) is 0 Å². The lowest BCUT2D eigenvalue weighted by Crippen LogP contribution is -1.99. The van der Waals surface area contributed by atoms with Crippen LogP contribution in [0.3, 0.4) is 0 Å². The summed E-state index contributed by atoms with van der Waals surface area (Å²) in [6.07, 6.45) is 2.30. The molecule has 0 radical (unpaired) electrons. The predicted molar refractivity (Wildman–Crippen MR) is 116 cm³/mol. The van der Waals surface area contributed by atoms with Gasteiger partial charge in [0.05, 0.1) is 11.3 Å². The van der Waals surface area contributed by atoms with Gasteiger partial charge in [-0.1, -0.05) is 46.7 Å². The van der Waals surface area contributed by atoms with Gasteiger partial charge in [-0.15, -0.1) is 0 Å². The maximum atomic E-state index is 8.54. The van der Waals surface area contributed by atoms with Crippen LogP contribution in [0.25, 0.3) is 21.8 Å². The van der Waals surface area contributed by atoms with Crippen LogP contribution in [0.2, 0.25) is 0 Å². The van der Waals surface area contributed by atoms with Gasteiger partial charge in [-0.05, 0) is 40.9 Å². The Morgan fingerprint density at radius 3 is 2.67 bits per heavy atom. The highest BCUT2D eigenvalue weighted by Crippen LogP contribution is 2.25. The van der Waals surface area contributed by atoms with Crippen molar-refractivity contribution in [2.75, 3.05) is 11.1 Å². The number of hydrogen-bond donors (Lipinski definition) is 2. The van der Waals surface area contributed by atoms with E-state index in [1.165, 1.54) is 0 Å². The Morgan fingerprint density at radius 1 is 1.03 bits per heavy atom. The third-order valence-corrected chi connectivity index (χ3v) is 4.57. The van der Waals surface area contributed by atoms with Gasteiger partial charge < -0.3 is 15.6 Å². The molecule has 3 N–H and O–H groups in total. The second-order valence-electron chi connectivity index (χ2n) is 6.71. The second-order valence-corrected chi connectivity index (χ2v) is 6.71. The number of pyridine rings is 1. The fourth-order valence-electron chi connectivity index (χ4n) is 3.07. The minimum Gasteiger partial charge on any atom is -0.383 e. The average molecular weight is 397 g/mol. The molecular formula is C22H19N7O. The Balaban J connectivity index is 1.38. The first kappa shape index (κ1) is 19.0. The smallest absolute Gasteiger partial charge is 0.170 e. The molecule has 0 atom stereocenters. The number of nitrogen functional groups attached to an aromatic ring is 1. The molecule has 0 amide bonds. The largest absolute Gasteiger partial charge is 0.383 e.